The fourth-order valence-electron chi connectivity index (χ4n) is 2.40. The summed E-state index contributed by atoms with van der Waals surface area (Å²) >= 11 is 0. The van der Waals surface area contributed by atoms with Gasteiger partial charge in [0.15, 0.2) is 0 Å². The molecule has 0 amide bonds. The second kappa shape index (κ2) is 7.70. The average Bonchev–Trinajstić information content (AvgIpc) is 2.58. The van der Waals surface area contributed by atoms with E-state index in [9.17, 15) is 5.11 Å². The molecule has 1 N–H and O–H groups in total. The lowest BCUT2D eigenvalue weighted by molar-refractivity contribution is -0.00000432. The van der Waals surface area contributed by atoms with Crippen molar-refractivity contribution in [1.29, 1.82) is 0 Å². The summed E-state index contributed by atoms with van der Waals surface area (Å²) in [6.45, 7) is 3.57. The molecule has 1 heterocycles. The highest BCUT2D eigenvalue weighted by Crippen LogP contribution is 2.15. The first-order chi connectivity index (χ1) is 7.90. The average molecular weight is 255 g/mol. The Morgan fingerprint density at radius 3 is 2.12 bits per heavy atom. The Bertz CT molecular complexity index is 322. The minimum absolute atomic E-state index is 0. The summed E-state index contributed by atoms with van der Waals surface area (Å²) in [5, 5.41) is 9.28. The smallest absolute Gasteiger partial charge is 0.0685 e. The first kappa shape index (κ1) is 14.5. The monoisotopic (exact) mass is 254 g/mol. The van der Waals surface area contributed by atoms with Crippen molar-refractivity contribution in [1.82, 2.24) is 4.90 Å². The molecule has 1 saturated heterocycles. The fourth-order valence-corrected chi connectivity index (χ4v) is 2.40. The molecule has 3 heteroatoms. The highest BCUT2D eigenvalue weighted by molar-refractivity contribution is 5.26. The molecule has 1 fully saturated rings. The van der Waals surface area contributed by atoms with Gasteiger partial charge in [0.1, 0.15) is 0 Å². The predicted octanol–water partition coefficient (Wildman–Crippen LogP) is -0.441. The molecule has 96 valence electrons. The second-order valence-corrected chi connectivity index (χ2v) is 4.62. The Labute approximate surface area is 110 Å². The van der Waals surface area contributed by atoms with Crippen LogP contribution in [0.15, 0.2) is 24.3 Å². The first-order valence-electron chi connectivity index (χ1n) is 6.30. The molecule has 17 heavy (non-hydrogen) atoms. The van der Waals surface area contributed by atoms with Crippen LogP contribution in [-0.4, -0.2) is 23.1 Å². The van der Waals surface area contributed by atoms with Gasteiger partial charge in [-0.05, 0) is 37.1 Å². The molecule has 2 nitrogen and oxygen atoms in total. The minimum Gasteiger partial charge on any atom is -1.00 e. The van der Waals surface area contributed by atoms with Crippen LogP contribution in [0, 0.1) is 0 Å². The lowest BCUT2D eigenvalue weighted by Gasteiger charge is -2.21. The Balaban J connectivity index is 0.00000144. The van der Waals surface area contributed by atoms with Crippen molar-refractivity contribution >= 4 is 0 Å². The quantitative estimate of drug-likeness (QED) is 0.791. The number of hydrogen-bond acceptors (Lipinski definition) is 2. The van der Waals surface area contributed by atoms with Gasteiger partial charge < -0.3 is 17.5 Å². The van der Waals surface area contributed by atoms with Crippen LogP contribution < -0.4 is 12.4 Å². The lowest BCUT2D eigenvalue weighted by atomic mass is 10.1. The summed E-state index contributed by atoms with van der Waals surface area (Å²) in [5.74, 6) is 0. The maximum Gasteiger partial charge on any atom is 0.0685 e. The lowest BCUT2D eigenvalue weighted by Crippen LogP contribution is -3.00. The number of rotatable bonds is 3. The highest BCUT2D eigenvalue weighted by atomic mass is 35.5. The number of benzene rings is 1. The molecule has 0 radical (unpaired) electrons. The molecular weight excluding hydrogens is 234 g/mol. The van der Waals surface area contributed by atoms with Crippen molar-refractivity contribution in [2.45, 2.75) is 38.8 Å². The molecule has 0 aliphatic carbocycles. The van der Waals surface area contributed by atoms with E-state index < -0.39 is 0 Å². The van der Waals surface area contributed by atoms with Gasteiger partial charge in [0.05, 0.1) is 6.61 Å². The number of nitrogens with zero attached hydrogens (tertiary/aromatic N) is 1. The van der Waals surface area contributed by atoms with Gasteiger partial charge in [-0.1, -0.05) is 37.1 Å². The Kier molecular flexibility index (Phi) is 6.56. The fraction of sp³-hybridized carbons (Fsp3) is 0.571. The van der Waals surface area contributed by atoms with Crippen LogP contribution in [0.3, 0.4) is 0 Å². The number of likely N-dealkylation sites (tertiary alicyclic amines) is 1. The van der Waals surface area contributed by atoms with E-state index in [-0.39, 0.29) is 19.0 Å². The largest absolute Gasteiger partial charge is 1.00 e. The van der Waals surface area contributed by atoms with Crippen LogP contribution in [0.2, 0.25) is 0 Å². The van der Waals surface area contributed by atoms with E-state index in [1.807, 2.05) is 12.1 Å². The molecule has 1 aromatic rings. The van der Waals surface area contributed by atoms with Crippen molar-refractivity contribution in [3.05, 3.63) is 35.4 Å². The van der Waals surface area contributed by atoms with Gasteiger partial charge in [-0.25, -0.2) is 0 Å². The zero-order valence-electron chi connectivity index (χ0n) is 10.2. The van der Waals surface area contributed by atoms with Crippen LogP contribution in [0.5, 0.6) is 0 Å². The standard InChI is InChI=1S/C14H21NO.ClH/c16-12-14-8-4-3-7-13(14)11-15-9-5-1-2-6-10-15;/h3-4,7-8,16H,1-2,5-6,9-12H2;1H/p-1. The van der Waals surface area contributed by atoms with E-state index in [0.717, 1.165) is 12.1 Å². The van der Waals surface area contributed by atoms with Gasteiger partial charge in [-0.3, -0.25) is 4.90 Å². The van der Waals surface area contributed by atoms with Crippen LogP contribution >= 0.6 is 0 Å². The number of hydrogen-bond donors (Lipinski definition) is 1. The summed E-state index contributed by atoms with van der Waals surface area (Å²) in [4.78, 5) is 2.52. The maximum atomic E-state index is 9.28. The first-order valence-corrected chi connectivity index (χ1v) is 6.30. The molecule has 1 aliphatic rings. The predicted molar refractivity (Wildman–Crippen MR) is 66.1 cm³/mol. The van der Waals surface area contributed by atoms with Crippen LogP contribution in [0.4, 0.5) is 0 Å². The molecule has 2 rings (SSSR count). The summed E-state index contributed by atoms with van der Waals surface area (Å²) in [7, 11) is 0. The molecular formula is C14H21ClNO-. The van der Waals surface area contributed by atoms with Crippen LogP contribution in [0.25, 0.3) is 0 Å². The molecule has 0 bridgehead atoms. The van der Waals surface area contributed by atoms with E-state index in [2.05, 4.69) is 17.0 Å². The van der Waals surface area contributed by atoms with E-state index >= 15 is 0 Å². The molecule has 1 aromatic carbocycles. The van der Waals surface area contributed by atoms with E-state index in [4.69, 9.17) is 0 Å². The molecule has 0 saturated carbocycles. The maximum absolute atomic E-state index is 9.28. The van der Waals surface area contributed by atoms with Crippen molar-refractivity contribution in [2.24, 2.45) is 0 Å². The van der Waals surface area contributed by atoms with Gasteiger partial charge in [-0.2, -0.15) is 0 Å². The number of aliphatic hydroxyl groups excluding tert-OH is 1. The van der Waals surface area contributed by atoms with Crippen molar-refractivity contribution in [3.8, 4) is 0 Å². The summed E-state index contributed by atoms with van der Waals surface area (Å²) in [6, 6.07) is 8.22. The Hall–Kier alpha value is -0.570. The van der Waals surface area contributed by atoms with Gasteiger partial charge in [0, 0.05) is 6.54 Å². The third kappa shape index (κ3) is 4.30. The normalized spacial score (nSPS) is 17.2. The zero-order chi connectivity index (χ0) is 11.2. The number of halogens is 1. The molecule has 1 aliphatic heterocycles. The molecule has 0 spiro atoms. The SMILES string of the molecule is OCc1ccccc1CN1CCCCCC1.[Cl-]. The van der Waals surface area contributed by atoms with Gasteiger partial charge in [0.25, 0.3) is 0 Å². The van der Waals surface area contributed by atoms with Gasteiger partial charge >= 0.3 is 0 Å². The van der Waals surface area contributed by atoms with Crippen LogP contribution in [-0.2, 0) is 13.2 Å². The van der Waals surface area contributed by atoms with Gasteiger partial charge in [-0.15, -0.1) is 0 Å². The zero-order valence-corrected chi connectivity index (χ0v) is 11.0. The highest BCUT2D eigenvalue weighted by Gasteiger charge is 2.10. The Morgan fingerprint density at radius 1 is 0.941 bits per heavy atom. The van der Waals surface area contributed by atoms with Crippen molar-refractivity contribution in [3.63, 3.8) is 0 Å². The molecule has 0 unspecified atom stereocenters. The summed E-state index contributed by atoms with van der Waals surface area (Å²) in [6.07, 6.45) is 5.39. The van der Waals surface area contributed by atoms with Crippen molar-refractivity contribution < 1.29 is 17.5 Å². The third-order valence-electron chi connectivity index (χ3n) is 3.38. The second-order valence-electron chi connectivity index (χ2n) is 4.62. The van der Waals surface area contributed by atoms with E-state index in [1.165, 1.54) is 44.3 Å². The summed E-state index contributed by atoms with van der Waals surface area (Å²) < 4.78 is 0. The van der Waals surface area contributed by atoms with E-state index in [0.29, 0.717) is 0 Å². The third-order valence-corrected chi connectivity index (χ3v) is 3.38. The van der Waals surface area contributed by atoms with Crippen molar-refractivity contribution in [2.75, 3.05) is 13.1 Å². The topological polar surface area (TPSA) is 23.5 Å². The molecule has 0 aromatic heterocycles. The van der Waals surface area contributed by atoms with Crippen LogP contribution in [0.1, 0.15) is 36.8 Å². The number of aliphatic hydroxyl groups is 1. The molecule has 0 atom stereocenters. The van der Waals surface area contributed by atoms with Gasteiger partial charge in [0.2, 0.25) is 0 Å². The van der Waals surface area contributed by atoms with E-state index in [1.54, 1.807) is 0 Å². The summed E-state index contributed by atoms with van der Waals surface area (Å²) in [5.41, 5.74) is 2.36. The minimum atomic E-state index is 0. The Morgan fingerprint density at radius 2 is 1.53 bits per heavy atom.